The minimum Gasteiger partial charge on any atom is -0.482 e. The maximum Gasteiger partial charge on any atom is 0.344 e. The Kier molecular flexibility index (Phi) is 4.22. The first-order valence-corrected chi connectivity index (χ1v) is 6.07. The molecule has 0 aromatic heterocycles. The van der Waals surface area contributed by atoms with Crippen molar-refractivity contribution in [1.29, 1.82) is 0 Å². The van der Waals surface area contributed by atoms with Crippen LogP contribution in [-0.4, -0.2) is 31.1 Å². The summed E-state index contributed by atoms with van der Waals surface area (Å²) in [5.74, 6) is -0.382. The van der Waals surface area contributed by atoms with Gasteiger partial charge in [-0.3, -0.25) is 4.79 Å². The molecule has 0 heterocycles. The predicted octanol–water partition coefficient (Wildman–Crippen LogP) is 0.469. The molecule has 6 nitrogen and oxygen atoms in total. The number of hydrogen-bond acceptors (Lipinski definition) is 5. The van der Waals surface area contributed by atoms with Gasteiger partial charge in [0.05, 0.1) is 0 Å². The van der Waals surface area contributed by atoms with Crippen molar-refractivity contribution >= 4 is 17.6 Å². The van der Waals surface area contributed by atoms with Crippen molar-refractivity contribution in [3.8, 4) is 5.75 Å². The molecule has 0 aliphatic heterocycles. The normalized spacial score (nSPS) is 13.7. The van der Waals surface area contributed by atoms with Crippen LogP contribution in [0.5, 0.6) is 5.75 Å². The minimum atomic E-state index is -0.589. The molecule has 0 saturated heterocycles. The zero-order valence-corrected chi connectivity index (χ0v) is 10.4. The van der Waals surface area contributed by atoms with E-state index in [-0.39, 0.29) is 25.2 Å². The number of carbonyl (C=O) groups is 2. The Morgan fingerprint density at radius 2 is 2.11 bits per heavy atom. The third-order valence-corrected chi connectivity index (χ3v) is 2.52. The molecule has 0 atom stereocenters. The number of benzene rings is 1. The van der Waals surface area contributed by atoms with Crippen molar-refractivity contribution in [2.75, 3.05) is 18.9 Å². The largest absolute Gasteiger partial charge is 0.482 e. The smallest absolute Gasteiger partial charge is 0.344 e. The minimum absolute atomic E-state index is 0.250. The standard InChI is InChI=1S/C13H16N2O4/c14-9-2-1-3-11(6-9)18-8-13(17)19-7-12(16)15-10-4-5-10/h1-3,6,10H,4-5,7-8,14H2,(H,15,16). The van der Waals surface area contributed by atoms with E-state index in [4.69, 9.17) is 15.2 Å². The highest BCUT2D eigenvalue weighted by molar-refractivity contribution is 5.81. The Hall–Kier alpha value is -2.24. The molecule has 19 heavy (non-hydrogen) atoms. The van der Waals surface area contributed by atoms with E-state index in [0.717, 1.165) is 12.8 Å². The molecule has 3 N–H and O–H groups in total. The lowest BCUT2D eigenvalue weighted by molar-refractivity contribution is -0.150. The van der Waals surface area contributed by atoms with Crippen LogP contribution in [0.25, 0.3) is 0 Å². The summed E-state index contributed by atoms with van der Waals surface area (Å²) in [6.45, 7) is -0.518. The second-order valence-electron chi connectivity index (χ2n) is 4.36. The molecule has 1 aromatic carbocycles. The molecule has 2 rings (SSSR count). The molecular formula is C13H16N2O4. The topological polar surface area (TPSA) is 90.7 Å². The van der Waals surface area contributed by atoms with E-state index in [9.17, 15) is 9.59 Å². The first-order valence-electron chi connectivity index (χ1n) is 6.07. The van der Waals surface area contributed by atoms with Gasteiger partial charge >= 0.3 is 5.97 Å². The van der Waals surface area contributed by atoms with E-state index in [1.807, 2.05) is 0 Å². The van der Waals surface area contributed by atoms with Crippen molar-refractivity contribution < 1.29 is 19.1 Å². The molecule has 0 bridgehead atoms. The molecule has 1 fully saturated rings. The van der Waals surface area contributed by atoms with Crippen LogP contribution in [0, 0.1) is 0 Å². The van der Waals surface area contributed by atoms with E-state index in [1.54, 1.807) is 24.3 Å². The Morgan fingerprint density at radius 1 is 1.32 bits per heavy atom. The molecule has 6 heteroatoms. The van der Waals surface area contributed by atoms with E-state index < -0.39 is 5.97 Å². The van der Waals surface area contributed by atoms with Gasteiger partial charge in [-0.15, -0.1) is 0 Å². The molecule has 0 unspecified atom stereocenters. The molecule has 1 amide bonds. The highest BCUT2D eigenvalue weighted by Gasteiger charge is 2.23. The van der Waals surface area contributed by atoms with Crippen molar-refractivity contribution in [1.82, 2.24) is 5.32 Å². The summed E-state index contributed by atoms with van der Waals surface area (Å²) in [6.07, 6.45) is 2.00. The third kappa shape index (κ3) is 4.87. The van der Waals surface area contributed by atoms with Gasteiger partial charge in [0.1, 0.15) is 5.75 Å². The van der Waals surface area contributed by atoms with Crippen LogP contribution in [0.3, 0.4) is 0 Å². The predicted molar refractivity (Wildman–Crippen MR) is 68.5 cm³/mol. The molecule has 102 valence electrons. The lowest BCUT2D eigenvalue weighted by atomic mass is 10.3. The van der Waals surface area contributed by atoms with Crippen molar-refractivity contribution in [3.05, 3.63) is 24.3 Å². The SMILES string of the molecule is Nc1cccc(OCC(=O)OCC(=O)NC2CC2)c1. The van der Waals surface area contributed by atoms with Gasteiger partial charge in [-0.25, -0.2) is 4.79 Å². The number of esters is 1. The molecule has 1 aromatic rings. The van der Waals surface area contributed by atoms with Gasteiger partial charge in [-0.1, -0.05) is 6.07 Å². The lowest BCUT2D eigenvalue weighted by Gasteiger charge is -2.07. The Morgan fingerprint density at radius 3 is 2.79 bits per heavy atom. The second-order valence-corrected chi connectivity index (χ2v) is 4.36. The zero-order valence-electron chi connectivity index (χ0n) is 10.4. The Bertz CT molecular complexity index is 471. The molecule has 1 aliphatic carbocycles. The number of rotatable bonds is 6. The number of amides is 1. The van der Waals surface area contributed by atoms with Gasteiger partial charge in [0, 0.05) is 17.8 Å². The van der Waals surface area contributed by atoms with Crippen LogP contribution >= 0.6 is 0 Å². The van der Waals surface area contributed by atoms with Crippen LogP contribution in [0.1, 0.15) is 12.8 Å². The fraction of sp³-hybridized carbons (Fsp3) is 0.385. The van der Waals surface area contributed by atoms with Crippen molar-refractivity contribution in [2.24, 2.45) is 0 Å². The maximum absolute atomic E-state index is 11.3. The van der Waals surface area contributed by atoms with Gasteiger partial charge in [0.15, 0.2) is 13.2 Å². The monoisotopic (exact) mass is 264 g/mol. The third-order valence-electron chi connectivity index (χ3n) is 2.52. The van der Waals surface area contributed by atoms with Gasteiger partial charge < -0.3 is 20.5 Å². The molecular weight excluding hydrogens is 248 g/mol. The zero-order chi connectivity index (χ0) is 13.7. The average molecular weight is 264 g/mol. The summed E-state index contributed by atoms with van der Waals surface area (Å²) in [7, 11) is 0. The summed E-state index contributed by atoms with van der Waals surface area (Å²) in [5, 5.41) is 2.72. The molecule has 1 aliphatic rings. The highest BCUT2D eigenvalue weighted by Crippen LogP contribution is 2.18. The van der Waals surface area contributed by atoms with Crippen LogP contribution in [0.4, 0.5) is 5.69 Å². The number of ether oxygens (including phenoxy) is 2. The number of nitrogens with two attached hydrogens (primary N) is 1. The van der Waals surface area contributed by atoms with Crippen LogP contribution in [0.15, 0.2) is 24.3 Å². The van der Waals surface area contributed by atoms with Gasteiger partial charge in [-0.05, 0) is 25.0 Å². The number of hydrogen-bond donors (Lipinski definition) is 2. The van der Waals surface area contributed by atoms with E-state index in [2.05, 4.69) is 5.32 Å². The molecule has 0 radical (unpaired) electrons. The summed E-state index contributed by atoms with van der Waals surface area (Å²) in [6, 6.07) is 6.98. The number of anilines is 1. The average Bonchev–Trinajstić information content (AvgIpc) is 3.18. The summed E-state index contributed by atoms with van der Waals surface area (Å²) in [5.41, 5.74) is 6.12. The summed E-state index contributed by atoms with van der Waals surface area (Å²) >= 11 is 0. The lowest BCUT2D eigenvalue weighted by Crippen LogP contribution is -2.31. The Labute approximate surface area is 110 Å². The summed E-state index contributed by atoms with van der Waals surface area (Å²) in [4.78, 5) is 22.6. The van der Waals surface area contributed by atoms with Gasteiger partial charge in [0.2, 0.25) is 0 Å². The van der Waals surface area contributed by atoms with Crippen LogP contribution in [0.2, 0.25) is 0 Å². The second kappa shape index (κ2) is 6.08. The maximum atomic E-state index is 11.3. The van der Waals surface area contributed by atoms with E-state index >= 15 is 0 Å². The van der Waals surface area contributed by atoms with Crippen LogP contribution in [-0.2, 0) is 14.3 Å². The molecule has 0 spiro atoms. The van der Waals surface area contributed by atoms with E-state index in [1.165, 1.54) is 0 Å². The van der Waals surface area contributed by atoms with Gasteiger partial charge in [0.25, 0.3) is 5.91 Å². The summed E-state index contributed by atoms with van der Waals surface area (Å²) < 4.78 is 9.97. The van der Waals surface area contributed by atoms with Gasteiger partial charge in [-0.2, -0.15) is 0 Å². The fourth-order valence-corrected chi connectivity index (χ4v) is 1.43. The van der Waals surface area contributed by atoms with Crippen LogP contribution < -0.4 is 15.8 Å². The van der Waals surface area contributed by atoms with Crippen molar-refractivity contribution in [3.63, 3.8) is 0 Å². The molecule has 1 saturated carbocycles. The first-order chi connectivity index (χ1) is 9.13. The van der Waals surface area contributed by atoms with Crippen molar-refractivity contribution in [2.45, 2.75) is 18.9 Å². The number of nitrogen functional groups attached to an aromatic ring is 1. The number of carbonyl (C=O) groups excluding carboxylic acids is 2. The quantitative estimate of drug-likeness (QED) is 0.575. The van der Waals surface area contributed by atoms with E-state index in [0.29, 0.717) is 11.4 Å². The first kappa shape index (κ1) is 13.2. The fourth-order valence-electron chi connectivity index (χ4n) is 1.43. The number of nitrogens with one attached hydrogen (secondary N) is 1. The Balaban J connectivity index is 1.65. The highest BCUT2D eigenvalue weighted by atomic mass is 16.6.